The van der Waals surface area contributed by atoms with Gasteiger partial charge in [-0.05, 0) is 53.0 Å². The van der Waals surface area contributed by atoms with Gasteiger partial charge in [0.05, 0.1) is 0 Å². The Morgan fingerprint density at radius 1 is 1.24 bits per heavy atom. The Balaban J connectivity index is 1.82. The van der Waals surface area contributed by atoms with Gasteiger partial charge < -0.3 is 15.5 Å². The first-order valence-corrected chi connectivity index (χ1v) is 6.98. The van der Waals surface area contributed by atoms with Crippen LogP contribution in [0.4, 0.5) is 0 Å². The summed E-state index contributed by atoms with van der Waals surface area (Å²) >= 11 is 0. The van der Waals surface area contributed by atoms with E-state index in [2.05, 4.69) is 28.8 Å². The molecule has 0 aromatic carbocycles. The second-order valence-electron chi connectivity index (χ2n) is 5.89. The van der Waals surface area contributed by atoms with Gasteiger partial charge in [0.2, 0.25) is 0 Å². The van der Waals surface area contributed by atoms with Gasteiger partial charge in [-0.1, -0.05) is 0 Å². The molecule has 4 nitrogen and oxygen atoms in total. The van der Waals surface area contributed by atoms with Crippen molar-refractivity contribution in [1.29, 1.82) is 0 Å². The van der Waals surface area contributed by atoms with Crippen LogP contribution in [0.1, 0.15) is 19.3 Å². The maximum absolute atomic E-state index is 6.03. The van der Waals surface area contributed by atoms with Crippen LogP contribution in [0.2, 0.25) is 0 Å². The fraction of sp³-hybridized carbons (Fsp3) is 1.00. The Morgan fingerprint density at radius 2 is 1.94 bits per heavy atom. The maximum Gasteiger partial charge on any atom is 0.0467 e. The van der Waals surface area contributed by atoms with Crippen molar-refractivity contribution >= 4 is 0 Å². The highest BCUT2D eigenvalue weighted by Gasteiger charge is 2.38. The molecule has 2 heterocycles. The van der Waals surface area contributed by atoms with E-state index in [1.165, 1.54) is 45.4 Å². The minimum Gasteiger partial charge on any atom is -0.329 e. The Hall–Kier alpha value is -0.160. The van der Waals surface area contributed by atoms with E-state index in [0.29, 0.717) is 0 Å². The Morgan fingerprint density at radius 3 is 2.47 bits per heavy atom. The van der Waals surface area contributed by atoms with Gasteiger partial charge in [-0.25, -0.2) is 0 Å². The third kappa shape index (κ3) is 2.99. The van der Waals surface area contributed by atoms with Crippen LogP contribution in [0.5, 0.6) is 0 Å². The lowest BCUT2D eigenvalue weighted by Crippen LogP contribution is -2.55. The zero-order valence-electron chi connectivity index (χ0n) is 11.5. The third-order valence-corrected chi connectivity index (χ3v) is 4.66. The molecule has 2 aliphatic rings. The number of nitrogens with two attached hydrogens (primary N) is 1. The van der Waals surface area contributed by atoms with Crippen LogP contribution in [0.25, 0.3) is 0 Å². The number of likely N-dealkylation sites (N-methyl/N-ethyl adjacent to an activating group) is 2. The lowest BCUT2D eigenvalue weighted by Gasteiger charge is -2.38. The van der Waals surface area contributed by atoms with E-state index < -0.39 is 0 Å². The minimum atomic E-state index is 0.231. The summed E-state index contributed by atoms with van der Waals surface area (Å²) in [5.41, 5.74) is 6.26. The van der Waals surface area contributed by atoms with Gasteiger partial charge >= 0.3 is 0 Å². The van der Waals surface area contributed by atoms with Crippen molar-refractivity contribution in [3.8, 4) is 0 Å². The molecule has 0 aromatic rings. The molecule has 0 aromatic heterocycles. The van der Waals surface area contributed by atoms with E-state index in [9.17, 15) is 0 Å². The molecule has 2 saturated heterocycles. The van der Waals surface area contributed by atoms with E-state index in [1.54, 1.807) is 0 Å². The largest absolute Gasteiger partial charge is 0.329 e. The molecule has 0 bridgehead atoms. The highest BCUT2D eigenvalue weighted by Crippen LogP contribution is 2.25. The molecule has 2 aliphatic heterocycles. The van der Waals surface area contributed by atoms with E-state index in [-0.39, 0.29) is 5.54 Å². The highest BCUT2D eigenvalue weighted by atomic mass is 15.3. The van der Waals surface area contributed by atoms with Crippen molar-refractivity contribution in [2.45, 2.75) is 24.8 Å². The summed E-state index contributed by atoms with van der Waals surface area (Å²) in [7, 11) is 4.45. The summed E-state index contributed by atoms with van der Waals surface area (Å²) in [4.78, 5) is 7.49. The molecular formula is C13H28N4. The molecule has 1 atom stereocenters. The first-order chi connectivity index (χ1) is 8.16. The second kappa shape index (κ2) is 5.65. The SMILES string of the molecule is CN1CCC(CN)(N(C)CCN2CCCC2)C1. The lowest BCUT2D eigenvalue weighted by atomic mass is 9.97. The van der Waals surface area contributed by atoms with Gasteiger partial charge in [-0.3, -0.25) is 4.90 Å². The first kappa shape index (κ1) is 13.3. The predicted molar refractivity (Wildman–Crippen MR) is 72.2 cm³/mol. The molecule has 2 rings (SSSR count). The molecule has 0 radical (unpaired) electrons. The number of hydrogen-bond donors (Lipinski definition) is 1. The van der Waals surface area contributed by atoms with Crippen LogP contribution in [-0.2, 0) is 0 Å². The number of nitrogens with zero attached hydrogens (tertiary/aromatic N) is 3. The van der Waals surface area contributed by atoms with Gasteiger partial charge in [0, 0.05) is 31.7 Å². The van der Waals surface area contributed by atoms with Crippen molar-refractivity contribution in [1.82, 2.24) is 14.7 Å². The third-order valence-electron chi connectivity index (χ3n) is 4.66. The van der Waals surface area contributed by atoms with Crippen LogP contribution >= 0.6 is 0 Å². The van der Waals surface area contributed by atoms with Crippen LogP contribution in [0.3, 0.4) is 0 Å². The molecule has 0 amide bonds. The van der Waals surface area contributed by atoms with Crippen LogP contribution < -0.4 is 5.73 Å². The van der Waals surface area contributed by atoms with Crippen molar-refractivity contribution in [2.75, 3.05) is 59.9 Å². The van der Waals surface area contributed by atoms with E-state index in [1.807, 2.05) is 0 Å². The second-order valence-corrected chi connectivity index (χ2v) is 5.89. The molecule has 2 N–H and O–H groups in total. The van der Waals surface area contributed by atoms with Crippen molar-refractivity contribution in [3.05, 3.63) is 0 Å². The van der Waals surface area contributed by atoms with E-state index >= 15 is 0 Å². The van der Waals surface area contributed by atoms with Gasteiger partial charge in [0.25, 0.3) is 0 Å². The summed E-state index contributed by atoms with van der Waals surface area (Å²) in [6, 6.07) is 0. The zero-order chi connectivity index (χ0) is 12.3. The fourth-order valence-corrected chi connectivity index (χ4v) is 3.23. The smallest absolute Gasteiger partial charge is 0.0467 e. The number of rotatable bonds is 5. The summed E-state index contributed by atoms with van der Waals surface area (Å²) < 4.78 is 0. The quantitative estimate of drug-likeness (QED) is 0.736. The fourth-order valence-electron chi connectivity index (χ4n) is 3.23. The highest BCUT2D eigenvalue weighted by molar-refractivity contribution is 4.98. The Bertz CT molecular complexity index is 240. The monoisotopic (exact) mass is 240 g/mol. The summed E-state index contributed by atoms with van der Waals surface area (Å²) in [5.74, 6) is 0. The number of likely N-dealkylation sites (tertiary alicyclic amines) is 2. The van der Waals surface area contributed by atoms with Crippen molar-refractivity contribution in [3.63, 3.8) is 0 Å². The molecule has 0 saturated carbocycles. The molecule has 0 aliphatic carbocycles. The zero-order valence-corrected chi connectivity index (χ0v) is 11.5. The molecule has 0 spiro atoms. The minimum absolute atomic E-state index is 0.231. The average Bonchev–Trinajstić information content (AvgIpc) is 2.95. The van der Waals surface area contributed by atoms with Crippen molar-refractivity contribution < 1.29 is 0 Å². The summed E-state index contributed by atoms with van der Waals surface area (Å²) in [6.07, 6.45) is 3.99. The van der Waals surface area contributed by atoms with Gasteiger partial charge in [-0.15, -0.1) is 0 Å². The van der Waals surface area contributed by atoms with Gasteiger partial charge in [0.15, 0.2) is 0 Å². The van der Waals surface area contributed by atoms with Crippen molar-refractivity contribution in [2.24, 2.45) is 5.73 Å². The van der Waals surface area contributed by atoms with E-state index in [0.717, 1.165) is 19.6 Å². The normalized spacial score (nSPS) is 31.8. The van der Waals surface area contributed by atoms with Crippen LogP contribution in [-0.4, -0.2) is 80.1 Å². The molecule has 4 heteroatoms. The molecular weight excluding hydrogens is 212 g/mol. The summed E-state index contributed by atoms with van der Waals surface area (Å²) in [5, 5.41) is 0. The van der Waals surface area contributed by atoms with Crippen LogP contribution in [0, 0.1) is 0 Å². The molecule has 17 heavy (non-hydrogen) atoms. The first-order valence-electron chi connectivity index (χ1n) is 6.98. The molecule has 2 fully saturated rings. The summed E-state index contributed by atoms with van der Waals surface area (Å²) in [6.45, 7) is 8.05. The number of hydrogen-bond acceptors (Lipinski definition) is 4. The van der Waals surface area contributed by atoms with E-state index in [4.69, 9.17) is 5.73 Å². The molecule has 1 unspecified atom stereocenters. The standard InChI is InChI=1S/C13H28N4/c1-15-8-5-13(11-14,12-15)16(2)9-10-17-6-3-4-7-17/h3-12,14H2,1-2H3. The van der Waals surface area contributed by atoms with Gasteiger partial charge in [0.1, 0.15) is 0 Å². The maximum atomic E-state index is 6.03. The Labute approximate surface area is 106 Å². The average molecular weight is 240 g/mol. The Kier molecular flexibility index (Phi) is 4.42. The topological polar surface area (TPSA) is 35.7 Å². The lowest BCUT2D eigenvalue weighted by molar-refractivity contribution is 0.119. The van der Waals surface area contributed by atoms with Gasteiger partial charge in [-0.2, -0.15) is 0 Å². The predicted octanol–water partition coefficient (Wildman–Crippen LogP) is 0.0470. The van der Waals surface area contributed by atoms with Crippen LogP contribution in [0.15, 0.2) is 0 Å². The molecule has 100 valence electrons.